The van der Waals surface area contributed by atoms with Crippen molar-refractivity contribution < 1.29 is 4.79 Å². The predicted molar refractivity (Wildman–Crippen MR) is 157 cm³/mol. The fourth-order valence-corrected chi connectivity index (χ4v) is 6.00. The topological polar surface area (TPSA) is 77.0 Å². The highest BCUT2D eigenvalue weighted by atomic mass is 16.2. The van der Waals surface area contributed by atoms with Gasteiger partial charge in [0, 0.05) is 45.9 Å². The van der Waals surface area contributed by atoms with Crippen LogP contribution in [0.5, 0.6) is 0 Å². The quantitative estimate of drug-likeness (QED) is 0.565. The van der Waals surface area contributed by atoms with Crippen molar-refractivity contribution in [3.63, 3.8) is 0 Å². The van der Waals surface area contributed by atoms with Gasteiger partial charge in [-0.25, -0.2) is 4.99 Å². The zero-order valence-electron chi connectivity index (χ0n) is 24.0. The highest BCUT2D eigenvalue weighted by molar-refractivity contribution is 5.86. The maximum atomic E-state index is 12.8. The van der Waals surface area contributed by atoms with Crippen LogP contribution in [0.2, 0.25) is 0 Å². The number of carbonyl (C=O) groups is 1. The van der Waals surface area contributed by atoms with Crippen molar-refractivity contribution in [1.29, 1.82) is 0 Å². The first-order valence-electron chi connectivity index (χ1n) is 14.5. The zero-order chi connectivity index (χ0) is 26.9. The van der Waals surface area contributed by atoms with Crippen LogP contribution in [0.1, 0.15) is 72.6 Å². The van der Waals surface area contributed by atoms with Gasteiger partial charge in [0.25, 0.3) is 0 Å². The number of aromatic nitrogens is 2. The Morgan fingerprint density at radius 1 is 1.05 bits per heavy atom. The molecule has 4 aliphatic rings. The van der Waals surface area contributed by atoms with E-state index in [1.165, 1.54) is 17.6 Å². The third-order valence-electron chi connectivity index (χ3n) is 8.67. The largest absolute Gasteiger partial charge is 0.363 e. The monoisotopic (exact) mass is 519 g/mol. The Morgan fingerprint density at radius 2 is 1.79 bits per heavy atom. The Kier molecular flexibility index (Phi) is 7.78. The number of aliphatic imine (C=N–C) groups is 1. The summed E-state index contributed by atoms with van der Waals surface area (Å²) in [6.07, 6.45) is 13.6. The second-order valence-corrected chi connectivity index (χ2v) is 12.6. The van der Waals surface area contributed by atoms with Gasteiger partial charge in [-0.1, -0.05) is 44.1 Å². The SMILES string of the molecule is CC1=CC=C(C(C)(C)C)CC1Nc1nc(N2CCC(CC(=O)N3CCCCC3)CC2)nc2c1N(C)CC=N2. The fraction of sp³-hybridized carbons (Fsp3) is 0.667. The van der Waals surface area contributed by atoms with E-state index in [4.69, 9.17) is 9.97 Å². The number of carbonyl (C=O) groups excluding carboxylic acids is 1. The molecule has 0 bridgehead atoms. The minimum atomic E-state index is 0.133. The Labute approximate surface area is 228 Å². The lowest BCUT2D eigenvalue weighted by Crippen LogP contribution is -2.40. The number of likely N-dealkylation sites (tertiary alicyclic amines) is 1. The van der Waals surface area contributed by atoms with Crippen molar-refractivity contribution in [2.24, 2.45) is 16.3 Å². The van der Waals surface area contributed by atoms with Crippen LogP contribution in [0.4, 0.5) is 23.3 Å². The first-order chi connectivity index (χ1) is 18.2. The van der Waals surface area contributed by atoms with Crippen molar-refractivity contribution in [1.82, 2.24) is 14.9 Å². The lowest BCUT2D eigenvalue weighted by Gasteiger charge is -2.35. The van der Waals surface area contributed by atoms with E-state index < -0.39 is 0 Å². The van der Waals surface area contributed by atoms with Crippen LogP contribution in [0.15, 0.2) is 28.3 Å². The van der Waals surface area contributed by atoms with Gasteiger partial charge < -0.3 is 20.0 Å². The third kappa shape index (κ3) is 5.89. The molecule has 1 atom stereocenters. The summed E-state index contributed by atoms with van der Waals surface area (Å²) in [4.78, 5) is 34.0. The van der Waals surface area contributed by atoms with Gasteiger partial charge in [0.15, 0.2) is 11.6 Å². The van der Waals surface area contributed by atoms with E-state index in [2.05, 4.69) is 71.9 Å². The summed E-state index contributed by atoms with van der Waals surface area (Å²) in [5.74, 6) is 3.12. The maximum Gasteiger partial charge on any atom is 0.229 e. The molecule has 1 unspecified atom stereocenters. The molecule has 0 saturated carbocycles. The Balaban J connectivity index is 1.30. The van der Waals surface area contributed by atoms with Crippen LogP contribution in [0.3, 0.4) is 0 Å². The number of nitrogens with one attached hydrogen (secondary N) is 1. The van der Waals surface area contributed by atoms with Gasteiger partial charge in [-0.05, 0) is 56.8 Å². The molecule has 2 fully saturated rings. The smallest absolute Gasteiger partial charge is 0.229 e. The van der Waals surface area contributed by atoms with E-state index in [9.17, 15) is 4.79 Å². The lowest BCUT2D eigenvalue weighted by atomic mass is 9.79. The molecule has 206 valence electrons. The first kappa shape index (κ1) is 26.7. The second-order valence-electron chi connectivity index (χ2n) is 12.6. The number of rotatable bonds is 5. The van der Waals surface area contributed by atoms with Crippen molar-refractivity contribution in [2.45, 2.75) is 78.7 Å². The molecule has 8 heteroatoms. The molecule has 8 nitrogen and oxygen atoms in total. The van der Waals surface area contributed by atoms with Crippen LogP contribution in [-0.4, -0.2) is 72.8 Å². The van der Waals surface area contributed by atoms with Crippen molar-refractivity contribution in [2.75, 3.05) is 54.9 Å². The van der Waals surface area contributed by atoms with E-state index in [-0.39, 0.29) is 11.5 Å². The molecule has 0 radical (unpaired) electrons. The van der Waals surface area contributed by atoms with E-state index in [0.29, 0.717) is 18.2 Å². The third-order valence-corrected chi connectivity index (χ3v) is 8.67. The number of fused-ring (bicyclic) bond motifs is 1. The number of anilines is 3. The summed E-state index contributed by atoms with van der Waals surface area (Å²) >= 11 is 0. The zero-order valence-corrected chi connectivity index (χ0v) is 24.0. The Hall–Kier alpha value is -2.90. The summed E-state index contributed by atoms with van der Waals surface area (Å²) < 4.78 is 0. The minimum absolute atomic E-state index is 0.133. The van der Waals surface area contributed by atoms with Gasteiger partial charge in [-0.2, -0.15) is 9.97 Å². The summed E-state index contributed by atoms with van der Waals surface area (Å²) in [6, 6.07) is 0.187. The maximum absolute atomic E-state index is 12.8. The summed E-state index contributed by atoms with van der Waals surface area (Å²) in [5.41, 5.74) is 3.86. The summed E-state index contributed by atoms with van der Waals surface area (Å²) in [6.45, 7) is 13.4. The normalized spacial score (nSPS) is 22.7. The molecule has 4 heterocycles. The summed E-state index contributed by atoms with van der Waals surface area (Å²) in [7, 11) is 2.08. The Bertz CT molecular complexity index is 1120. The number of amides is 1. The summed E-state index contributed by atoms with van der Waals surface area (Å²) in [5, 5.41) is 3.79. The molecule has 0 spiro atoms. The first-order valence-corrected chi connectivity index (χ1v) is 14.5. The predicted octanol–water partition coefficient (Wildman–Crippen LogP) is 5.35. The molecular formula is C30H45N7O. The number of allylic oxidation sites excluding steroid dienone is 2. The van der Waals surface area contributed by atoms with Gasteiger partial charge in [-0.15, -0.1) is 0 Å². The Morgan fingerprint density at radius 3 is 2.50 bits per heavy atom. The van der Waals surface area contributed by atoms with E-state index in [1.54, 1.807) is 0 Å². The van der Waals surface area contributed by atoms with Gasteiger partial charge in [-0.3, -0.25) is 4.79 Å². The molecule has 0 aromatic carbocycles. The van der Waals surface area contributed by atoms with E-state index in [1.807, 2.05) is 6.21 Å². The molecule has 1 amide bonds. The highest BCUT2D eigenvalue weighted by Gasteiger charge is 2.30. The average molecular weight is 520 g/mol. The molecular weight excluding hydrogens is 474 g/mol. The van der Waals surface area contributed by atoms with Crippen molar-refractivity contribution in [3.8, 4) is 0 Å². The van der Waals surface area contributed by atoms with Gasteiger partial charge in [0.1, 0.15) is 5.69 Å². The molecule has 2 saturated heterocycles. The van der Waals surface area contributed by atoms with Crippen LogP contribution in [0.25, 0.3) is 0 Å². The lowest BCUT2D eigenvalue weighted by molar-refractivity contribution is -0.133. The molecule has 38 heavy (non-hydrogen) atoms. The minimum Gasteiger partial charge on any atom is -0.363 e. The van der Waals surface area contributed by atoms with E-state index in [0.717, 1.165) is 88.1 Å². The number of hydrogen-bond donors (Lipinski definition) is 1. The van der Waals surface area contributed by atoms with Gasteiger partial charge >= 0.3 is 0 Å². The van der Waals surface area contributed by atoms with Gasteiger partial charge in [0.2, 0.25) is 11.9 Å². The molecule has 1 N–H and O–H groups in total. The van der Waals surface area contributed by atoms with Crippen LogP contribution < -0.4 is 15.1 Å². The second kappa shape index (κ2) is 11.1. The van der Waals surface area contributed by atoms with Crippen LogP contribution in [-0.2, 0) is 4.79 Å². The molecule has 1 aromatic rings. The molecule has 3 aliphatic heterocycles. The van der Waals surface area contributed by atoms with Crippen LogP contribution >= 0.6 is 0 Å². The van der Waals surface area contributed by atoms with Gasteiger partial charge in [0.05, 0.1) is 12.6 Å². The number of hydrogen-bond acceptors (Lipinski definition) is 7. The van der Waals surface area contributed by atoms with Crippen molar-refractivity contribution >= 4 is 35.4 Å². The number of piperidine rings is 2. The fourth-order valence-electron chi connectivity index (χ4n) is 6.00. The standard InChI is InChI=1S/C30H45N7O/c1-21-9-10-23(30(2,3)4)20-24(21)32-28-26-27(31-13-18-35(26)5)33-29(34-28)37-16-11-22(12-17-37)19-25(38)36-14-7-6-8-15-36/h9-10,13,22,24H,6-8,11-12,14-20H2,1-5H3,(H,32,33,34). The average Bonchev–Trinajstić information content (AvgIpc) is 2.90. The number of nitrogens with zero attached hydrogens (tertiary/aromatic N) is 6. The van der Waals surface area contributed by atoms with E-state index >= 15 is 0 Å². The highest BCUT2D eigenvalue weighted by Crippen LogP contribution is 2.40. The molecule has 1 aliphatic carbocycles. The molecule has 5 rings (SSSR count). The molecule has 1 aromatic heterocycles. The van der Waals surface area contributed by atoms with Crippen molar-refractivity contribution in [3.05, 3.63) is 23.3 Å². The van der Waals surface area contributed by atoms with Crippen LogP contribution in [0, 0.1) is 11.3 Å².